The van der Waals surface area contributed by atoms with Gasteiger partial charge in [0.05, 0.1) is 11.0 Å². The Hall–Kier alpha value is -6.71. The molecule has 0 atom stereocenters. The van der Waals surface area contributed by atoms with Crippen LogP contribution in [0.1, 0.15) is 25.0 Å². The second-order valence-corrected chi connectivity index (χ2v) is 14.5. The topological polar surface area (TPSA) is 21.1 Å². The molecule has 0 fully saturated rings. The lowest BCUT2D eigenvalue weighted by molar-refractivity contribution is 0.661. The maximum absolute atomic E-state index is 5.30. The SMILES string of the molecule is CC1(C)c2ccc(N(c3ccc(-c4ccccc4)cc3)c3ccc4ccccc4c3)cc2-c2cc3c(cc21)nc(-c1ccccc1)n3-c1ccccc1. The molecule has 0 saturated carbocycles. The molecule has 1 aromatic heterocycles. The second kappa shape index (κ2) is 12.2. The van der Waals surface area contributed by atoms with E-state index in [0.29, 0.717) is 0 Å². The van der Waals surface area contributed by atoms with Gasteiger partial charge in [0.15, 0.2) is 0 Å². The third kappa shape index (κ3) is 5.16. The molecule has 3 nitrogen and oxygen atoms in total. The average molecular weight is 680 g/mol. The number of benzene rings is 8. The van der Waals surface area contributed by atoms with E-state index in [1.807, 2.05) is 0 Å². The fraction of sp³-hybridized carbons (Fsp3) is 0.0600. The Bertz CT molecular complexity index is 2780. The zero-order valence-corrected chi connectivity index (χ0v) is 29.7. The standard InChI is InChI=1S/C50H37N3/c1-50(2)45-29-28-42(52(41-27-24-35-16-12-13-19-38(35)30-41)40-25-22-36(23-26-40)34-14-6-3-7-15-34)31-43(45)44-32-48-47(33-46(44)50)51-49(37-17-8-4-9-18-37)53(48)39-20-10-5-11-21-39/h3-33H,1-2H3. The zero-order chi connectivity index (χ0) is 35.5. The molecule has 0 aliphatic heterocycles. The lowest BCUT2D eigenvalue weighted by atomic mass is 9.82. The summed E-state index contributed by atoms with van der Waals surface area (Å²) in [5.74, 6) is 0.948. The van der Waals surface area contributed by atoms with Crippen molar-refractivity contribution in [1.82, 2.24) is 9.55 Å². The van der Waals surface area contributed by atoms with Crippen molar-refractivity contribution in [2.24, 2.45) is 0 Å². The molecule has 9 aromatic rings. The first-order valence-corrected chi connectivity index (χ1v) is 18.3. The van der Waals surface area contributed by atoms with Crippen molar-refractivity contribution < 1.29 is 0 Å². The highest BCUT2D eigenvalue weighted by atomic mass is 15.1. The van der Waals surface area contributed by atoms with Crippen molar-refractivity contribution in [3.8, 4) is 39.3 Å². The summed E-state index contributed by atoms with van der Waals surface area (Å²) in [6.07, 6.45) is 0. The van der Waals surface area contributed by atoms with E-state index in [-0.39, 0.29) is 5.41 Å². The van der Waals surface area contributed by atoms with Crippen LogP contribution < -0.4 is 4.90 Å². The van der Waals surface area contributed by atoms with E-state index in [1.54, 1.807) is 0 Å². The Morgan fingerprint density at radius 1 is 0.453 bits per heavy atom. The Balaban J connectivity index is 1.17. The molecule has 8 aromatic carbocycles. The molecule has 1 aliphatic rings. The molecule has 53 heavy (non-hydrogen) atoms. The number of hydrogen-bond acceptors (Lipinski definition) is 2. The monoisotopic (exact) mass is 679 g/mol. The van der Waals surface area contributed by atoms with Gasteiger partial charge in [0.1, 0.15) is 5.82 Å². The summed E-state index contributed by atoms with van der Waals surface area (Å²) in [5, 5.41) is 2.45. The highest BCUT2D eigenvalue weighted by Gasteiger charge is 2.37. The first-order chi connectivity index (χ1) is 26.0. The van der Waals surface area contributed by atoms with E-state index >= 15 is 0 Å². The second-order valence-electron chi connectivity index (χ2n) is 14.5. The molecule has 0 amide bonds. The maximum Gasteiger partial charge on any atom is 0.145 e. The highest BCUT2D eigenvalue weighted by molar-refractivity contribution is 5.95. The molecule has 1 heterocycles. The minimum atomic E-state index is -0.189. The first kappa shape index (κ1) is 31.1. The number of para-hydroxylation sites is 1. The van der Waals surface area contributed by atoms with Crippen LogP contribution in [0.15, 0.2) is 188 Å². The van der Waals surface area contributed by atoms with Gasteiger partial charge in [-0.2, -0.15) is 0 Å². The number of fused-ring (bicyclic) bond motifs is 5. The summed E-state index contributed by atoms with van der Waals surface area (Å²) in [6.45, 7) is 4.69. The van der Waals surface area contributed by atoms with Gasteiger partial charge in [-0.05, 0) is 105 Å². The number of hydrogen-bond donors (Lipinski definition) is 0. The van der Waals surface area contributed by atoms with E-state index in [2.05, 4.69) is 211 Å². The molecule has 1 aliphatic carbocycles. The number of anilines is 3. The molecule has 0 unspecified atom stereocenters. The molecule has 10 rings (SSSR count). The van der Waals surface area contributed by atoms with Crippen LogP contribution in [0.3, 0.4) is 0 Å². The smallest absolute Gasteiger partial charge is 0.145 e. The van der Waals surface area contributed by atoms with Crippen LogP contribution in [-0.4, -0.2) is 9.55 Å². The van der Waals surface area contributed by atoms with Gasteiger partial charge in [-0.1, -0.05) is 141 Å². The molecule has 252 valence electrons. The fourth-order valence-corrected chi connectivity index (χ4v) is 8.26. The molecule has 0 radical (unpaired) electrons. The van der Waals surface area contributed by atoms with Crippen LogP contribution in [-0.2, 0) is 5.41 Å². The number of rotatable bonds is 6. The lowest BCUT2D eigenvalue weighted by Gasteiger charge is -2.27. The molecule has 0 bridgehead atoms. The predicted molar refractivity (Wildman–Crippen MR) is 222 cm³/mol. The van der Waals surface area contributed by atoms with Crippen molar-refractivity contribution >= 4 is 38.9 Å². The van der Waals surface area contributed by atoms with Crippen LogP contribution in [0.2, 0.25) is 0 Å². The molecule has 0 N–H and O–H groups in total. The molecule has 3 heteroatoms. The third-order valence-corrected chi connectivity index (χ3v) is 11.0. The van der Waals surface area contributed by atoms with Crippen LogP contribution in [0.25, 0.3) is 61.1 Å². The van der Waals surface area contributed by atoms with Crippen LogP contribution in [0, 0.1) is 0 Å². The number of aromatic nitrogens is 2. The van der Waals surface area contributed by atoms with Crippen molar-refractivity contribution in [2.75, 3.05) is 4.90 Å². The van der Waals surface area contributed by atoms with Crippen LogP contribution >= 0.6 is 0 Å². The first-order valence-electron chi connectivity index (χ1n) is 18.3. The average Bonchev–Trinajstić information content (AvgIpc) is 3.70. The van der Waals surface area contributed by atoms with E-state index < -0.39 is 0 Å². The minimum Gasteiger partial charge on any atom is -0.310 e. The van der Waals surface area contributed by atoms with Crippen molar-refractivity contribution in [3.05, 3.63) is 199 Å². The summed E-state index contributed by atoms with van der Waals surface area (Å²) in [7, 11) is 0. The predicted octanol–water partition coefficient (Wildman–Crippen LogP) is 13.3. The fourth-order valence-electron chi connectivity index (χ4n) is 8.26. The summed E-state index contributed by atoms with van der Waals surface area (Å²) < 4.78 is 2.31. The number of imidazole rings is 1. The summed E-state index contributed by atoms with van der Waals surface area (Å²) in [4.78, 5) is 7.69. The molecular formula is C50H37N3. The van der Waals surface area contributed by atoms with Gasteiger partial charge in [0.2, 0.25) is 0 Å². The quantitative estimate of drug-likeness (QED) is 0.174. The lowest BCUT2D eigenvalue weighted by Crippen LogP contribution is -2.15. The van der Waals surface area contributed by atoms with Gasteiger partial charge in [-0.25, -0.2) is 4.98 Å². The van der Waals surface area contributed by atoms with Gasteiger partial charge in [-0.15, -0.1) is 0 Å². The van der Waals surface area contributed by atoms with Crippen molar-refractivity contribution in [1.29, 1.82) is 0 Å². The minimum absolute atomic E-state index is 0.189. The van der Waals surface area contributed by atoms with Gasteiger partial charge in [0.25, 0.3) is 0 Å². The Kier molecular flexibility index (Phi) is 7.16. The van der Waals surface area contributed by atoms with E-state index in [9.17, 15) is 0 Å². The van der Waals surface area contributed by atoms with Gasteiger partial charge in [0, 0.05) is 33.7 Å². The van der Waals surface area contributed by atoms with E-state index in [0.717, 1.165) is 45.2 Å². The summed E-state index contributed by atoms with van der Waals surface area (Å²) in [5.41, 5.74) is 15.0. The third-order valence-electron chi connectivity index (χ3n) is 11.0. The molecule has 0 saturated heterocycles. The largest absolute Gasteiger partial charge is 0.310 e. The van der Waals surface area contributed by atoms with Crippen LogP contribution in [0.5, 0.6) is 0 Å². The Morgan fingerprint density at radius 2 is 1.02 bits per heavy atom. The van der Waals surface area contributed by atoms with E-state index in [4.69, 9.17) is 4.98 Å². The Labute approximate surface area is 310 Å². The number of nitrogens with zero attached hydrogens (tertiary/aromatic N) is 3. The normalized spacial score (nSPS) is 12.9. The summed E-state index contributed by atoms with van der Waals surface area (Å²) >= 11 is 0. The van der Waals surface area contributed by atoms with Gasteiger partial charge < -0.3 is 4.90 Å². The zero-order valence-electron chi connectivity index (χ0n) is 29.7. The van der Waals surface area contributed by atoms with Gasteiger partial charge in [-0.3, -0.25) is 4.57 Å². The van der Waals surface area contributed by atoms with Crippen molar-refractivity contribution in [2.45, 2.75) is 19.3 Å². The van der Waals surface area contributed by atoms with E-state index in [1.165, 1.54) is 44.2 Å². The summed E-state index contributed by atoms with van der Waals surface area (Å²) in [6, 6.07) is 67.8. The molecular weight excluding hydrogens is 643 g/mol. The van der Waals surface area contributed by atoms with Crippen LogP contribution in [0.4, 0.5) is 17.1 Å². The maximum atomic E-state index is 5.30. The Morgan fingerprint density at radius 3 is 1.75 bits per heavy atom. The van der Waals surface area contributed by atoms with Crippen molar-refractivity contribution in [3.63, 3.8) is 0 Å². The highest BCUT2D eigenvalue weighted by Crippen LogP contribution is 2.52. The molecule has 0 spiro atoms. The van der Waals surface area contributed by atoms with Gasteiger partial charge >= 0.3 is 0 Å².